The molecule has 0 fully saturated rings. The first kappa shape index (κ1) is 6.12. The van der Waals surface area contributed by atoms with E-state index >= 15 is 0 Å². The molecule has 0 aromatic rings. The van der Waals surface area contributed by atoms with Crippen molar-refractivity contribution in [3.63, 3.8) is 0 Å². The normalized spacial score (nSPS) is 18.2. The molecule has 8 heavy (non-hydrogen) atoms. The first-order chi connectivity index (χ1) is 3.84. The Bertz CT molecular complexity index is 142. The third-order valence-electron chi connectivity index (χ3n) is 1.39. The molecule has 0 bridgehead atoms. The van der Waals surface area contributed by atoms with Crippen molar-refractivity contribution < 1.29 is 16.0 Å². The minimum absolute atomic E-state index is 1.15. The quantitative estimate of drug-likeness (QED) is 0.500. The van der Waals surface area contributed by atoms with Crippen molar-refractivity contribution in [3.05, 3.63) is 22.2 Å². The van der Waals surface area contributed by atoms with Crippen LogP contribution >= 0.6 is 0 Å². The molecule has 1 rings (SSSR count). The van der Waals surface area contributed by atoms with Gasteiger partial charge < -0.3 is 0 Å². The zero-order valence-corrected chi connectivity index (χ0v) is 6.13. The van der Waals surface area contributed by atoms with Gasteiger partial charge in [-0.05, 0) is 0 Å². The van der Waals surface area contributed by atoms with Crippen molar-refractivity contribution in [1.29, 1.82) is 0 Å². The summed E-state index contributed by atoms with van der Waals surface area (Å²) < 4.78 is 1.29. The summed E-state index contributed by atoms with van der Waals surface area (Å²) in [6.45, 7) is 2.18. The molecule has 0 heterocycles. The van der Waals surface area contributed by atoms with Crippen molar-refractivity contribution in [1.82, 2.24) is 0 Å². The molecule has 0 aromatic heterocycles. The Morgan fingerprint density at radius 3 is 2.75 bits per heavy atom. The second kappa shape index (κ2) is 2.52. The van der Waals surface area contributed by atoms with Crippen molar-refractivity contribution in [3.8, 4) is 0 Å². The molecule has 0 spiro atoms. The van der Waals surface area contributed by atoms with E-state index in [1.165, 1.54) is 16.5 Å². The van der Waals surface area contributed by atoms with E-state index in [-0.39, 0.29) is 0 Å². The third kappa shape index (κ3) is 1.04. The number of allylic oxidation sites excluding steroid dienone is 4. The van der Waals surface area contributed by atoms with E-state index in [1.54, 1.807) is 0 Å². The van der Waals surface area contributed by atoms with Gasteiger partial charge in [-0.25, -0.2) is 0 Å². The van der Waals surface area contributed by atoms with E-state index in [9.17, 15) is 0 Å². The van der Waals surface area contributed by atoms with Gasteiger partial charge in [-0.1, -0.05) is 0 Å². The molecule has 0 atom stereocenters. The summed E-state index contributed by atoms with van der Waals surface area (Å²) in [4.78, 5) is 0. The van der Waals surface area contributed by atoms with Crippen LogP contribution in [0, 0.1) is 0 Å². The molecule has 0 aromatic carbocycles. The van der Waals surface area contributed by atoms with E-state index in [4.69, 9.17) is 0 Å². The molecule has 0 nitrogen and oxygen atoms in total. The van der Waals surface area contributed by atoms with Crippen molar-refractivity contribution >= 4 is 0 Å². The molecule has 0 amide bonds. The Morgan fingerprint density at radius 2 is 2.50 bits per heavy atom. The molecule has 1 aliphatic carbocycles. The van der Waals surface area contributed by atoms with Crippen LogP contribution in [0.15, 0.2) is 22.2 Å². The van der Waals surface area contributed by atoms with Gasteiger partial charge in [-0.3, -0.25) is 0 Å². The zero-order valence-electron chi connectivity index (χ0n) is 4.95. The molecular weight excluding hydrogens is 139 g/mol. The van der Waals surface area contributed by atoms with Crippen LogP contribution in [0.5, 0.6) is 0 Å². The number of hydrogen-bond acceptors (Lipinski definition) is 0. The van der Waals surface area contributed by atoms with Crippen LogP contribution in [0.3, 0.4) is 0 Å². The van der Waals surface area contributed by atoms with E-state index in [0.29, 0.717) is 0 Å². The topological polar surface area (TPSA) is 0 Å². The van der Waals surface area contributed by atoms with Crippen LogP contribution in [0.1, 0.15) is 19.8 Å². The minimum atomic E-state index is 1.15. The molecule has 0 radical (unpaired) electrons. The predicted octanol–water partition coefficient (Wildman–Crippen LogP) is 2.16. The molecular formula is C7H9Mn. The maximum absolute atomic E-state index is 3.46. The maximum atomic E-state index is 3.46. The van der Waals surface area contributed by atoms with Gasteiger partial charge in [-0.2, -0.15) is 0 Å². The summed E-state index contributed by atoms with van der Waals surface area (Å²) in [6.07, 6.45) is 6.63. The molecule has 0 aliphatic heterocycles. The molecule has 0 saturated carbocycles. The Hall–Kier alpha value is -0.000519. The fourth-order valence-corrected chi connectivity index (χ4v) is 1.30. The van der Waals surface area contributed by atoms with E-state index in [1.807, 2.05) is 0 Å². The van der Waals surface area contributed by atoms with E-state index in [0.717, 1.165) is 6.42 Å². The van der Waals surface area contributed by atoms with Gasteiger partial charge in [0.2, 0.25) is 0 Å². The summed E-state index contributed by atoms with van der Waals surface area (Å²) in [5.74, 6) is 0. The summed E-state index contributed by atoms with van der Waals surface area (Å²) in [7, 11) is 0. The van der Waals surface area contributed by atoms with Gasteiger partial charge in [0.15, 0.2) is 0 Å². The SMILES string of the molecule is CCC1=[C]([Mn])C=CC1. The first-order valence-corrected chi connectivity index (χ1v) is 3.47. The van der Waals surface area contributed by atoms with Crippen LogP contribution in [0.25, 0.3) is 0 Å². The predicted molar refractivity (Wildman–Crippen MR) is 31.1 cm³/mol. The zero-order chi connectivity index (χ0) is 5.98. The molecule has 0 N–H and O–H groups in total. The van der Waals surface area contributed by atoms with Gasteiger partial charge in [0.1, 0.15) is 0 Å². The number of rotatable bonds is 1. The first-order valence-electron chi connectivity index (χ1n) is 2.88. The second-order valence-electron chi connectivity index (χ2n) is 1.91. The third-order valence-corrected chi connectivity index (χ3v) is 2.01. The van der Waals surface area contributed by atoms with Crippen LogP contribution in [0.4, 0.5) is 0 Å². The van der Waals surface area contributed by atoms with E-state index in [2.05, 4.69) is 35.1 Å². The average molecular weight is 148 g/mol. The van der Waals surface area contributed by atoms with E-state index < -0.39 is 0 Å². The van der Waals surface area contributed by atoms with Gasteiger partial charge in [0, 0.05) is 0 Å². The van der Waals surface area contributed by atoms with Crippen molar-refractivity contribution in [2.45, 2.75) is 19.8 Å². The fraction of sp³-hybridized carbons (Fsp3) is 0.429. The summed E-state index contributed by atoms with van der Waals surface area (Å²) >= 11 is 3.46. The fourth-order valence-electron chi connectivity index (χ4n) is 0.833. The summed E-state index contributed by atoms with van der Waals surface area (Å²) in [6, 6.07) is 0. The molecule has 0 unspecified atom stereocenters. The second-order valence-corrected chi connectivity index (χ2v) is 2.55. The number of hydrogen-bond donors (Lipinski definition) is 0. The summed E-state index contributed by atoms with van der Waals surface area (Å²) in [5, 5.41) is 0. The summed E-state index contributed by atoms with van der Waals surface area (Å²) in [5.41, 5.74) is 1.52. The molecule has 44 valence electrons. The average Bonchev–Trinajstić information content (AvgIpc) is 2.14. The van der Waals surface area contributed by atoms with Gasteiger partial charge in [-0.15, -0.1) is 0 Å². The van der Waals surface area contributed by atoms with Crippen molar-refractivity contribution in [2.24, 2.45) is 0 Å². The molecule has 0 saturated heterocycles. The van der Waals surface area contributed by atoms with Crippen LogP contribution in [0.2, 0.25) is 0 Å². The van der Waals surface area contributed by atoms with Crippen LogP contribution < -0.4 is 0 Å². The van der Waals surface area contributed by atoms with Gasteiger partial charge in [0.05, 0.1) is 0 Å². The van der Waals surface area contributed by atoms with Crippen LogP contribution in [-0.4, -0.2) is 0 Å². The molecule has 1 aliphatic rings. The van der Waals surface area contributed by atoms with Crippen molar-refractivity contribution in [2.75, 3.05) is 0 Å². The standard InChI is InChI=1S/C7H9.Mn/c1-2-7-5-3-4-6-7;/h3-4H,2,5H2,1H3;. The Morgan fingerprint density at radius 1 is 1.75 bits per heavy atom. The van der Waals surface area contributed by atoms with Crippen LogP contribution in [-0.2, 0) is 16.0 Å². The monoisotopic (exact) mass is 148 g/mol. The Balaban J connectivity index is 2.68. The molecule has 1 heteroatoms. The Kier molecular flexibility index (Phi) is 1.93. The van der Waals surface area contributed by atoms with Gasteiger partial charge in [0.25, 0.3) is 0 Å². The van der Waals surface area contributed by atoms with Gasteiger partial charge >= 0.3 is 58.0 Å². The Labute approximate surface area is 58.5 Å².